The molecule has 6 nitrogen and oxygen atoms in total. The molecular formula is C18H37N5O. The number of amides is 1. The lowest BCUT2D eigenvalue weighted by Crippen LogP contribution is -2.50. The van der Waals surface area contributed by atoms with Gasteiger partial charge in [-0.2, -0.15) is 0 Å². The Morgan fingerprint density at radius 2 is 1.75 bits per heavy atom. The van der Waals surface area contributed by atoms with Crippen molar-refractivity contribution in [1.29, 1.82) is 0 Å². The van der Waals surface area contributed by atoms with E-state index in [-0.39, 0.29) is 5.91 Å². The van der Waals surface area contributed by atoms with E-state index >= 15 is 0 Å². The first-order valence-electron chi connectivity index (χ1n) is 9.34. The van der Waals surface area contributed by atoms with Crippen molar-refractivity contribution >= 4 is 11.9 Å². The van der Waals surface area contributed by atoms with Gasteiger partial charge in [-0.15, -0.1) is 0 Å². The molecule has 6 heteroatoms. The number of nitrogens with one attached hydrogen (secondary N) is 2. The Morgan fingerprint density at radius 3 is 2.25 bits per heavy atom. The molecule has 1 fully saturated rings. The highest BCUT2D eigenvalue weighted by Crippen LogP contribution is 2.16. The lowest BCUT2D eigenvalue weighted by molar-refractivity contribution is -0.128. The Morgan fingerprint density at radius 1 is 1.12 bits per heavy atom. The summed E-state index contributed by atoms with van der Waals surface area (Å²) < 4.78 is 0. The molecule has 1 amide bonds. The third kappa shape index (κ3) is 7.51. The smallest absolute Gasteiger partial charge is 0.223 e. The normalized spacial score (nSPS) is 18.2. The second kappa shape index (κ2) is 11.3. The fraction of sp³-hybridized carbons (Fsp3) is 0.889. The molecule has 1 heterocycles. The molecule has 1 unspecified atom stereocenters. The maximum Gasteiger partial charge on any atom is 0.223 e. The lowest BCUT2D eigenvalue weighted by atomic mass is 10.0. The van der Waals surface area contributed by atoms with Crippen LogP contribution >= 0.6 is 0 Å². The summed E-state index contributed by atoms with van der Waals surface area (Å²) in [6, 6.07) is 0.519. The van der Waals surface area contributed by atoms with Crippen LogP contribution < -0.4 is 10.6 Å². The van der Waals surface area contributed by atoms with E-state index in [4.69, 9.17) is 0 Å². The molecule has 0 spiro atoms. The molecule has 0 aromatic rings. The fourth-order valence-electron chi connectivity index (χ4n) is 3.15. The average molecular weight is 340 g/mol. The molecule has 0 aliphatic carbocycles. The number of carbonyl (C=O) groups excluding carboxylic acids is 1. The van der Waals surface area contributed by atoms with Crippen LogP contribution in [0.4, 0.5) is 0 Å². The first kappa shape index (κ1) is 20.7. The fourth-order valence-corrected chi connectivity index (χ4v) is 3.15. The van der Waals surface area contributed by atoms with Crippen molar-refractivity contribution in [3.05, 3.63) is 0 Å². The maximum atomic E-state index is 11.6. The van der Waals surface area contributed by atoms with Crippen molar-refractivity contribution in [1.82, 2.24) is 20.4 Å². The zero-order valence-corrected chi connectivity index (χ0v) is 16.3. The van der Waals surface area contributed by atoms with E-state index in [1.807, 2.05) is 0 Å². The summed E-state index contributed by atoms with van der Waals surface area (Å²) in [5, 5.41) is 6.68. The zero-order valence-electron chi connectivity index (χ0n) is 16.3. The summed E-state index contributed by atoms with van der Waals surface area (Å²) in [5.74, 6) is 1.51. The van der Waals surface area contributed by atoms with E-state index in [0.717, 1.165) is 12.5 Å². The predicted molar refractivity (Wildman–Crippen MR) is 101 cm³/mol. The minimum absolute atomic E-state index is 0.127. The number of aliphatic imine (C=N–C) groups is 1. The molecule has 0 bridgehead atoms. The number of nitrogens with zero attached hydrogens (tertiary/aromatic N) is 3. The first-order chi connectivity index (χ1) is 11.5. The molecule has 1 aliphatic heterocycles. The van der Waals surface area contributed by atoms with Crippen LogP contribution in [-0.2, 0) is 4.79 Å². The second-order valence-corrected chi connectivity index (χ2v) is 7.18. The van der Waals surface area contributed by atoms with E-state index in [2.05, 4.69) is 34.4 Å². The first-order valence-corrected chi connectivity index (χ1v) is 9.34. The second-order valence-electron chi connectivity index (χ2n) is 7.18. The van der Waals surface area contributed by atoms with Gasteiger partial charge < -0.3 is 15.5 Å². The van der Waals surface area contributed by atoms with Gasteiger partial charge in [0.25, 0.3) is 0 Å². The topological polar surface area (TPSA) is 60.0 Å². The van der Waals surface area contributed by atoms with E-state index in [1.165, 1.54) is 38.8 Å². The highest BCUT2D eigenvalue weighted by molar-refractivity contribution is 5.81. The van der Waals surface area contributed by atoms with Gasteiger partial charge in [0.15, 0.2) is 5.96 Å². The molecule has 0 radical (unpaired) electrons. The van der Waals surface area contributed by atoms with Crippen molar-refractivity contribution in [2.75, 3.05) is 47.3 Å². The number of hydrogen-bond acceptors (Lipinski definition) is 3. The molecule has 140 valence electrons. The molecule has 1 atom stereocenters. The highest BCUT2D eigenvalue weighted by atomic mass is 16.2. The Balaban J connectivity index is 2.44. The van der Waals surface area contributed by atoms with Gasteiger partial charge in [0.05, 0.1) is 0 Å². The van der Waals surface area contributed by atoms with Crippen LogP contribution in [0.1, 0.15) is 46.0 Å². The molecule has 1 rings (SSSR count). The Hall–Kier alpha value is -1.30. The van der Waals surface area contributed by atoms with Crippen LogP contribution in [-0.4, -0.2) is 75.0 Å². The van der Waals surface area contributed by atoms with Gasteiger partial charge in [0.2, 0.25) is 5.91 Å². The number of guanidine groups is 1. The van der Waals surface area contributed by atoms with Gasteiger partial charge in [-0.1, -0.05) is 26.7 Å². The summed E-state index contributed by atoms with van der Waals surface area (Å²) in [4.78, 5) is 20.2. The average Bonchev–Trinajstić information content (AvgIpc) is 2.82. The summed E-state index contributed by atoms with van der Waals surface area (Å²) >= 11 is 0. The molecule has 2 N–H and O–H groups in total. The van der Waals surface area contributed by atoms with E-state index in [0.29, 0.717) is 24.9 Å². The Bertz CT molecular complexity index is 387. The van der Waals surface area contributed by atoms with E-state index in [9.17, 15) is 4.79 Å². The summed E-state index contributed by atoms with van der Waals surface area (Å²) in [6.07, 6.45) is 5.81. The lowest BCUT2D eigenvalue weighted by Gasteiger charge is -2.34. The molecule has 0 aromatic carbocycles. The van der Waals surface area contributed by atoms with Crippen LogP contribution in [0, 0.1) is 5.92 Å². The largest absolute Gasteiger partial charge is 0.356 e. The molecular weight excluding hydrogens is 302 g/mol. The number of hydrogen-bond donors (Lipinski definition) is 2. The van der Waals surface area contributed by atoms with Crippen molar-refractivity contribution in [3.63, 3.8) is 0 Å². The van der Waals surface area contributed by atoms with Crippen LogP contribution in [0.3, 0.4) is 0 Å². The van der Waals surface area contributed by atoms with Gasteiger partial charge >= 0.3 is 0 Å². The Kier molecular flexibility index (Phi) is 9.76. The van der Waals surface area contributed by atoms with Crippen molar-refractivity contribution in [2.24, 2.45) is 10.9 Å². The van der Waals surface area contributed by atoms with Gasteiger partial charge in [-0.25, -0.2) is 0 Å². The van der Waals surface area contributed by atoms with Gasteiger partial charge in [0, 0.05) is 46.7 Å². The zero-order chi connectivity index (χ0) is 17.9. The summed E-state index contributed by atoms with van der Waals surface area (Å²) in [7, 11) is 5.34. The molecule has 0 aromatic heterocycles. The quantitative estimate of drug-likeness (QED) is 0.545. The minimum Gasteiger partial charge on any atom is -0.356 e. The van der Waals surface area contributed by atoms with Crippen molar-refractivity contribution in [3.8, 4) is 0 Å². The van der Waals surface area contributed by atoms with E-state index < -0.39 is 0 Å². The third-order valence-electron chi connectivity index (χ3n) is 4.71. The minimum atomic E-state index is 0.127. The van der Waals surface area contributed by atoms with E-state index in [1.54, 1.807) is 26.0 Å². The van der Waals surface area contributed by atoms with Crippen LogP contribution in [0.2, 0.25) is 0 Å². The van der Waals surface area contributed by atoms with Gasteiger partial charge in [-0.3, -0.25) is 14.7 Å². The summed E-state index contributed by atoms with van der Waals surface area (Å²) in [6.45, 7) is 8.49. The number of likely N-dealkylation sites (tertiary alicyclic amines) is 1. The number of carbonyl (C=O) groups is 1. The standard InChI is InChI=1S/C18H37N5O/c1-15(2)16(23-12-8-6-7-9-13-23)14-21-18(19-3)20-11-10-17(24)22(4)5/h15-16H,6-14H2,1-5H3,(H2,19,20,21). The third-order valence-corrected chi connectivity index (χ3v) is 4.71. The molecule has 24 heavy (non-hydrogen) atoms. The van der Waals surface area contributed by atoms with Crippen LogP contribution in [0.15, 0.2) is 4.99 Å². The van der Waals surface area contributed by atoms with Crippen LogP contribution in [0.25, 0.3) is 0 Å². The Labute approximate surface area is 148 Å². The predicted octanol–water partition coefficient (Wildman–Crippen LogP) is 1.53. The summed E-state index contributed by atoms with van der Waals surface area (Å²) in [5.41, 5.74) is 0. The molecule has 1 saturated heterocycles. The SMILES string of the molecule is CN=C(NCCC(=O)N(C)C)NCC(C(C)C)N1CCCCCC1. The molecule has 1 aliphatic rings. The van der Waals surface area contributed by atoms with Gasteiger partial charge in [-0.05, 0) is 31.8 Å². The number of rotatable bonds is 7. The highest BCUT2D eigenvalue weighted by Gasteiger charge is 2.22. The van der Waals surface area contributed by atoms with Gasteiger partial charge in [0.1, 0.15) is 0 Å². The van der Waals surface area contributed by atoms with Crippen molar-refractivity contribution in [2.45, 2.75) is 52.0 Å². The molecule has 0 saturated carbocycles. The maximum absolute atomic E-state index is 11.6. The van der Waals surface area contributed by atoms with Crippen LogP contribution in [0.5, 0.6) is 0 Å². The monoisotopic (exact) mass is 339 g/mol. The van der Waals surface area contributed by atoms with Crippen molar-refractivity contribution < 1.29 is 4.79 Å².